The lowest BCUT2D eigenvalue weighted by Crippen LogP contribution is -2.65. The largest absolute Gasteiger partial charge is 0.329 e. The van der Waals surface area contributed by atoms with E-state index in [0.717, 1.165) is 13.1 Å². The second kappa shape index (κ2) is 5.08. The van der Waals surface area contributed by atoms with Crippen LogP contribution in [0.5, 0.6) is 0 Å². The van der Waals surface area contributed by atoms with E-state index in [2.05, 4.69) is 42.5 Å². The van der Waals surface area contributed by atoms with Crippen LogP contribution in [0.15, 0.2) is 0 Å². The highest BCUT2D eigenvalue weighted by Crippen LogP contribution is 2.35. The van der Waals surface area contributed by atoms with Gasteiger partial charge >= 0.3 is 0 Å². The summed E-state index contributed by atoms with van der Waals surface area (Å²) in [7, 11) is 2.23. The molecule has 0 spiro atoms. The molecule has 0 radical (unpaired) electrons. The first-order chi connectivity index (χ1) is 7.97. The molecule has 0 aromatic rings. The van der Waals surface area contributed by atoms with E-state index in [0.29, 0.717) is 4.75 Å². The monoisotopic (exact) mass is 257 g/mol. The first-order valence-corrected chi connectivity index (χ1v) is 7.74. The topological polar surface area (TPSA) is 32.5 Å². The van der Waals surface area contributed by atoms with Crippen molar-refractivity contribution < 1.29 is 0 Å². The summed E-state index contributed by atoms with van der Waals surface area (Å²) in [4.78, 5) is 5.13. The van der Waals surface area contributed by atoms with E-state index < -0.39 is 0 Å². The van der Waals surface area contributed by atoms with Crippen LogP contribution in [-0.2, 0) is 0 Å². The average Bonchev–Trinajstić information content (AvgIpc) is 2.27. The molecule has 17 heavy (non-hydrogen) atoms. The van der Waals surface area contributed by atoms with Gasteiger partial charge in [0.2, 0.25) is 0 Å². The molecule has 0 aromatic carbocycles. The fourth-order valence-electron chi connectivity index (χ4n) is 3.31. The molecular formula is C13H27N3S. The lowest BCUT2D eigenvalue weighted by molar-refractivity contribution is 0.0227. The van der Waals surface area contributed by atoms with Crippen LogP contribution in [0.2, 0.25) is 0 Å². The van der Waals surface area contributed by atoms with Crippen molar-refractivity contribution in [3.63, 3.8) is 0 Å². The maximum absolute atomic E-state index is 6.14. The quantitative estimate of drug-likeness (QED) is 0.807. The van der Waals surface area contributed by atoms with Gasteiger partial charge in [-0.3, -0.25) is 4.90 Å². The lowest BCUT2D eigenvalue weighted by atomic mass is 9.86. The molecule has 1 unspecified atom stereocenters. The van der Waals surface area contributed by atoms with Crippen molar-refractivity contribution in [1.82, 2.24) is 9.80 Å². The number of hydrogen-bond donors (Lipinski definition) is 1. The lowest BCUT2D eigenvalue weighted by Gasteiger charge is -2.52. The second-order valence-electron chi connectivity index (χ2n) is 6.30. The SMILES string of the molecule is CN1CCCC(CN)(N2CCSC(C)(C)C2)C1. The highest BCUT2D eigenvalue weighted by Gasteiger charge is 2.42. The van der Waals surface area contributed by atoms with Crippen LogP contribution >= 0.6 is 11.8 Å². The Bertz CT molecular complexity index is 269. The zero-order valence-electron chi connectivity index (χ0n) is 11.5. The highest BCUT2D eigenvalue weighted by molar-refractivity contribution is 8.00. The van der Waals surface area contributed by atoms with Gasteiger partial charge in [0.1, 0.15) is 0 Å². The Balaban J connectivity index is 2.11. The number of piperidine rings is 1. The molecule has 4 heteroatoms. The average molecular weight is 257 g/mol. The van der Waals surface area contributed by atoms with Crippen LogP contribution in [0.4, 0.5) is 0 Å². The third-order valence-electron chi connectivity index (χ3n) is 4.22. The summed E-state index contributed by atoms with van der Waals surface area (Å²) in [5.74, 6) is 1.25. The van der Waals surface area contributed by atoms with Gasteiger partial charge in [0.15, 0.2) is 0 Å². The van der Waals surface area contributed by atoms with Gasteiger partial charge in [-0.05, 0) is 40.3 Å². The van der Waals surface area contributed by atoms with Crippen LogP contribution in [0, 0.1) is 0 Å². The van der Waals surface area contributed by atoms with Crippen LogP contribution in [0.25, 0.3) is 0 Å². The Morgan fingerprint density at radius 2 is 2.00 bits per heavy atom. The van der Waals surface area contributed by atoms with Gasteiger partial charge in [-0.1, -0.05) is 0 Å². The molecule has 2 rings (SSSR count). The van der Waals surface area contributed by atoms with Crippen LogP contribution in [0.3, 0.4) is 0 Å². The number of likely N-dealkylation sites (tertiary alicyclic amines) is 1. The molecule has 0 bridgehead atoms. The van der Waals surface area contributed by atoms with E-state index in [-0.39, 0.29) is 5.54 Å². The van der Waals surface area contributed by atoms with E-state index >= 15 is 0 Å². The van der Waals surface area contributed by atoms with Crippen molar-refractivity contribution in [1.29, 1.82) is 0 Å². The molecule has 100 valence electrons. The Morgan fingerprint density at radius 3 is 2.59 bits per heavy atom. The van der Waals surface area contributed by atoms with Gasteiger partial charge in [-0.15, -0.1) is 0 Å². The second-order valence-corrected chi connectivity index (χ2v) is 8.10. The van der Waals surface area contributed by atoms with Crippen LogP contribution < -0.4 is 5.73 Å². The molecule has 1 atom stereocenters. The van der Waals surface area contributed by atoms with E-state index in [1.54, 1.807) is 0 Å². The predicted octanol–water partition coefficient (Wildman–Crippen LogP) is 1.24. The Morgan fingerprint density at radius 1 is 1.24 bits per heavy atom. The summed E-state index contributed by atoms with van der Waals surface area (Å²) in [5, 5.41) is 0. The van der Waals surface area contributed by atoms with Crippen molar-refractivity contribution in [2.45, 2.75) is 37.0 Å². The van der Waals surface area contributed by atoms with Gasteiger partial charge in [0.25, 0.3) is 0 Å². The zero-order chi connectivity index (χ0) is 12.5. The third-order valence-corrected chi connectivity index (χ3v) is 5.52. The molecule has 0 saturated carbocycles. The number of hydrogen-bond acceptors (Lipinski definition) is 4. The zero-order valence-corrected chi connectivity index (χ0v) is 12.4. The van der Waals surface area contributed by atoms with E-state index in [1.807, 2.05) is 0 Å². The number of nitrogens with zero attached hydrogens (tertiary/aromatic N) is 2. The summed E-state index contributed by atoms with van der Waals surface area (Å²) in [5.41, 5.74) is 6.39. The fraction of sp³-hybridized carbons (Fsp3) is 1.00. The standard InChI is InChI=1S/C13H27N3S/c1-12(2)10-16(7-8-17-12)13(9-14)5-4-6-15(3)11-13/h4-11,14H2,1-3H3. The number of likely N-dealkylation sites (N-methyl/N-ethyl adjacent to an activating group) is 1. The Hall–Kier alpha value is 0.230. The van der Waals surface area contributed by atoms with E-state index in [4.69, 9.17) is 5.73 Å². The van der Waals surface area contributed by atoms with Crippen molar-refractivity contribution in [2.24, 2.45) is 5.73 Å². The van der Waals surface area contributed by atoms with Crippen LogP contribution in [0.1, 0.15) is 26.7 Å². The third kappa shape index (κ3) is 2.98. The summed E-state index contributed by atoms with van der Waals surface area (Å²) < 4.78 is 0.385. The van der Waals surface area contributed by atoms with Crippen molar-refractivity contribution in [2.75, 3.05) is 45.5 Å². The van der Waals surface area contributed by atoms with Gasteiger partial charge in [0, 0.05) is 42.2 Å². The van der Waals surface area contributed by atoms with Gasteiger partial charge < -0.3 is 10.6 Å². The maximum Gasteiger partial charge on any atom is 0.0459 e. The molecule has 2 aliphatic heterocycles. The normalized spacial score (nSPS) is 36.0. The first-order valence-electron chi connectivity index (χ1n) is 6.75. The van der Waals surface area contributed by atoms with Crippen LogP contribution in [-0.4, -0.2) is 65.6 Å². The minimum atomic E-state index is 0.241. The number of thioether (sulfide) groups is 1. The molecule has 3 nitrogen and oxygen atoms in total. The summed E-state index contributed by atoms with van der Waals surface area (Å²) >= 11 is 2.10. The molecule has 2 saturated heterocycles. The summed E-state index contributed by atoms with van der Waals surface area (Å²) in [6.45, 7) is 10.3. The molecule has 2 fully saturated rings. The minimum Gasteiger partial charge on any atom is -0.329 e. The highest BCUT2D eigenvalue weighted by atomic mass is 32.2. The molecule has 2 heterocycles. The van der Waals surface area contributed by atoms with Crippen molar-refractivity contribution >= 4 is 11.8 Å². The Labute approximate surface area is 110 Å². The minimum absolute atomic E-state index is 0.241. The fourth-order valence-corrected chi connectivity index (χ4v) is 4.43. The molecule has 0 aromatic heterocycles. The van der Waals surface area contributed by atoms with Gasteiger partial charge in [-0.2, -0.15) is 11.8 Å². The van der Waals surface area contributed by atoms with Gasteiger partial charge in [-0.25, -0.2) is 0 Å². The maximum atomic E-state index is 6.14. The number of nitrogens with two attached hydrogens (primary N) is 1. The molecule has 2 N–H and O–H groups in total. The predicted molar refractivity (Wildman–Crippen MR) is 76.6 cm³/mol. The van der Waals surface area contributed by atoms with E-state index in [9.17, 15) is 0 Å². The molecule has 2 aliphatic rings. The van der Waals surface area contributed by atoms with E-state index in [1.165, 1.54) is 38.2 Å². The molecule has 0 aliphatic carbocycles. The van der Waals surface area contributed by atoms with Crippen molar-refractivity contribution in [3.8, 4) is 0 Å². The molecule has 0 amide bonds. The first kappa shape index (κ1) is 13.7. The van der Waals surface area contributed by atoms with Crippen molar-refractivity contribution in [3.05, 3.63) is 0 Å². The smallest absolute Gasteiger partial charge is 0.0459 e. The summed E-state index contributed by atoms with van der Waals surface area (Å²) in [6.07, 6.45) is 2.56. The number of rotatable bonds is 2. The summed E-state index contributed by atoms with van der Waals surface area (Å²) in [6, 6.07) is 0. The Kier molecular flexibility index (Phi) is 4.08. The van der Waals surface area contributed by atoms with Gasteiger partial charge in [0.05, 0.1) is 0 Å². The molecular weight excluding hydrogens is 230 g/mol.